The number of rotatable bonds is 2. The number of halogens is 1. The molecular formula is C6H19ClN2. The van der Waals surface area contributed by atoms with Crippen LogP contribution in [0.5, 0.6) is 0 Å². The zero-order valence-corrected chi connectivity index (χ0v) is 7.70. The fourth-order valence-corrected chi connectivity index (χ4v) is 0.671. The molecule has 0 aliphatic carbocycles. The fraction of sp³-hybridized carbons (Fsp3) is 1.00. The van der Waals surface area contributed by atoms with Gasteiger partial charge in [-0.05, 0) is 6.42 Å². The maximum absolute atomic E-state index is 2.21. The van der Waals surface area contributed by atoms with Crippen LogP contribution < -0.4 is 18.6 Å². The minimum Gasteiger partial charge on any atom is -1.00 e. The molecule has 0 spiro atoms. The molecule has 0 atom stereocenters. The van der Waals surface area contributed by atoms with Crippen molar-refractivity contribution in [1.29, 1.82) is 0 Å². The molecule has 0 aliphatic rings. The average molecular weight is 155 g/mol. The highest BCUT2D eigenvalue weighted by Crippen LogP contribution is 1.90. The standard InChI is InChI=1S/C6H16N.ClH.H3N/c1-5-6-7(2,3)4;;/h5-6H2,1-4H3;1H;1H3/q+1;;/p-1. The van der Waals surface area contributed by atoms with Gasteiger partial charge in [0.15, 0.2) is 0 Å². The van der Waals surface area contributed by atoms with Crippen molar-refractivity contribution in [3.8, 4) is 0 Å². The number of hydrogen-bond donors (Lipinski definition) is 1. The molecule has 3 heteroatoms. The van der Waals surface area contributed by atoms with Crippen LogP contribution in [-0.4, -0.2) is 32.2 Å². The van der Waals surface area contributed by atoms with Gasteiger partial charge >= 0.3 is 0 Å². The molecule has 0 fully saturated rings. The van der Waals surface area contributed by atoms with Gasteiger partial charge in [0.2, 0.25) is 0 Å². The third kappa shape index (κ3) is 17.9. The largest absolute Gasteiger partial charge is 1.00 e. The van der Waals surface area contributed by atoms with Gasteiger partial charge in [-0.1, -0.05) is 6.92 Å². The van der Waals surface area contributed by atoms with Crippen LogP contribution in [0.25, 0.3) is 0 Å². The van der Waals surface area contributed by atoms with E-state index in [0.717, 1.165) is 4.48 Å². The number of quaternary nitrogens is 1. The first-order chi connectivity index (χ1) is 3.06. The Morgan fingerprint density at radius 3 is 1.44 bits per heavy atom. The Labute approximate surface area is 64.8 Å². The molecule has 0 saturated carbocycles. The summed E-state index contributed by atoms with van der Waals surface area (Å²) in [7, 11) is 6.64. The molecule has 0 radical (unpaired) electrons. The van der Waals surface area contributed by atoms with Crippen LogP contribution in [0.2, 0.25) is 0 Å². The zero-order valence-electron chi connectivity index (χ0n) is 6.95. The van der Waals surface area contributed by atoms with Gasteiger partial charge in [0.1, 0.15) is 0 Å². The Bertz CT molecular complexity index is 49.5. The topological polar surface area (TPSA) is 35.0 Å². The molecule has 60 valence electrons. The van der Waals surface area contributed by atoms with E-state index in [0.29, 0.717) is 0 Å². The van der Waals surface area contributed by atoms with E-state index < -0.39 is 0 Å². The quantitative estimate of drug-likeness (QED) is 0.472. The highest BCUT2D eigenvalue weighted by Gasteiger charge is 2.01. The van der Waals surface area contributed by atoms with Gasteiger partial charge in [-0.15, -0.1) is 0 Å². The van der Waals surface area contributed by atoms with Gasteiger partial charge in [0.25, 0.3) is 0 Å². The lowest BCUT2D eigenvalue weighted by Gasteiger charge is -2.22. The van der Waals surface area contributed by atoms with Crippen LogP contribution in [0.4, 0.5) is 0 Å². The molecule has 3 N–H and O–H groups in total. The molecule has 0 unspecified atom stereocenters. The summed E-state index contributed by atoms with van der Waals surface area (Å²) in [5, 5.41) is 0. The van der Waals surface area contributed by atoms with E-state index in [4.69, 9.17) is 0 Å². The maximum Gasteiger partial charge on any atom is 0.0777 e. The fourth-order valence-electron chi connectivity index (χ4n) is 0.671. The first kappa shape index (κ1) is 16.1. The molecule has 0 aromatic carbocycles. The van der Waals surface area contributed by atoms with Gasteiger partial charge in [0, 0.05) is 0 Å². The van der Waals surface area contributed by atoms with E-state index in [1.54, 1.807) is 0 Å². The third-order valence-corrected chi connectivity index (χ3v) is 0.894. The van der Waals surface area contributed by atoms with Crippen molar-refractivity contribution >= 4 is 0 Å². The lowest BCUT2D eigenvalue weighted by molar-refractivity contribution is -0.870. The SMILES string of the molecule is CCC[N+](C)(C)C.N.[Cl-]. The van der Waals surface area contributed by atoms with Crippen LogP contribution >= 0.6 is 0 Å². The second-order valence-corrected chi connectivity index (χ2v) is 3.01. The van der Waals surface area contributed by atoms with E-state index >= 15 is 0 Å². The van der Waals surface area contributed by atoms with Crippen LogP contribution in [0, 0.1) is 0 Å². The van der Waals surface area contributed by atoms with Crippen molar-refractivity contribution in [3.05, 3.63) is 0 Å². The summed E-state index contributed by atoms with van der Waals surface area (Å²) in [5.74, 6) is 0. The molecule has 0 saturated heterocycles. The summed E-state index contributed by atoms with van der Waals surface area (Å²) >= 11 is 0. The van der Waals surface area contributed by atoms with Crippen LogP contribution in [0.15, 0.2) is 0 Å². The Morgan fingerprint density at radius 1 is 1.11 bits per heavy atom. The third-order valence-electron chi connectivity index (χ3n) is 0.894. The van der Waals surface area contributed by atoms with E-state index in [1.165, 1.54) is 13.0 Å². The van der Waals surface area contributed by atoms with Crippen molar-refractivity contribution < 1.29 is 16.9 Å². The van der Waals surface area contributed by atoms with Gasteiger partial charge in [-0.3, -0.25) is 0 Å². The van der Waals surface area contributed by atoms with Crippen LogP contribution in [-0.2, 0) is 0 Å². The molecule has 0 heterocycles. The van der Waals surface area contributed by atoms with Gasteiger partial charge in [0.05, 0.1) is 27.7 Å². The lowest BCUT2D eigenvalue weighted by atomic mass is 10.4. The van der Waals surface area contributed by atoms with Crippen molar-refractivity contribution in [3.63, 3.8) is 0 Å². The average Bonchev–Trinajstić information content (AvgIpc) is 1.30. The van der Waals surface area contributed by atoms with Crippen molar-refractivity contribution in [1.82, 2.24) is 6.15 Å². The molecule has 2 nitrogen and oxygen atoms in total. The molecule has 9 heavy (non-hydrogen) atoms. The predicted molar refractivity (Wildman–Crippen MR) is 38.2 cm³/mol. The smallest absolute Gasteiger partial charge is 0.0777 e. The summed E-state index contributed by atoms with van der Waals surface area (Å²) in [5.41, 5.74) is 0. The Morgan fingerprint density at radius 2 is 1.44 bits per heavy atom. The minimum atomic E-state index is 0. The molecule has 0 amide bonds. The van der Waals surface area contributed by atoms with E-state index in [9.17, 15) is 0 Å². The minimum absolute atomic E-state index is 0. The highest BCUT2D eigenvalue weighted by molar-refractivity contribution is 4.20. The summed E-state index contributed by atoms with van der Waals surface area (Å²) < 4.78 is 1.09. The summed E-state index contributed by atoms with van der Waals surface area (Å²) in [6.07, 6.45) is 1.28. The number of nitrogens with zero attached hydrogens (tertiary/aromatic N) is 1. The normalized spacial score (nSPS) is 9.33. The summed E-state index contributed by atoms with van der Waals surface area (Å²) in [4.78, 5) is 0. The maximum atomic E-state index is 2.21. The van der Waals surface area contributed by atoms with Gasteiger partial charge in [-0.25, -0.2) is 0 Å². The van der Waals surface area contributed by atoms with Gasteiger partial charge < -0.3 is 23.0 Å². The second kappa shape index (κ2) is 6.33. The first-order valence-electron chi connectivity index (χ1n) is 2.86. The van der Waals surface area contributed by atoms with Crippen molar-refractivity contribution in [2.75, 3.05) is 27.7 Å². The van der Waals surface area contributed by atoms with Crippen molar-refractivity contribution in [2.45, 2.75) is 13.3 Å². The van der Waals surface area contributed by atoms with Crippen LogP contribution in [0.1, 0.15) is 13.3 Å². The molecule has 0 bridgehead atoms. The Balaban J connectivity index is -0.000000180. The molecule has 0 rings (SSSR count). The summed E-state index contributed by atoms with van der Waals surface area (Å²) in [6, 6.07) is 0. The molecular weight excluding hydrogens is 136 g/mol. The monoisotopic (exact) mass is 154 g/mol. The zero-order chi connectivity index (χ0) is 5.91. The Kier molecular flexibility index (Phi) is 11.3. The second-order valence-electron chi connectivity index (χ2n) is 3.01. The van der Waals surface area contributed by atoms with Crippen LogP contribution in [0.3, 0.4) is 0 Å². The van der Waals surface area contributed by atoms with E-state index in [-0.39, 0.29) is 18.6 Å². The van der Waals surface area contributed by atoms with E-state index in [2.05, 4.69) is 28.1 Å². The number of hydrogen-bond acceptors (Lipinski definition) is 1. The highest BCUT2D eigenvalue weighted by atomic mass is 35.5. The summed E-state index contributed by atoms with van der Waals surface area (Å²) in [6.45, 7) is 3.49. The lowest BCUT2D eigenvalue weighted by Crippen LogP contribution is -3.00. The molecule has 0 aromatic heterocycles. The van der Waals surface area contributed by atoms with Gasteiger partial charge in [-0.2, -0.15) is 0 Å². The molecule has 0 aromatic rings. The Hall–Kier alpha value is 0.210. The predicted octanol–water partition coefficient (Wildman–Crippen LogP) is -1.73. The van der Waals surface area contributed by atoms with E-state index in [1.807, 2.05) is 0 Å². The van der Waals surface area contributed by atoms with Crippen molar-refractivity contribution in [2.24, 2.45) is 0 Å². The molecule has 0 aliphatic heterocycles. The first-order valence-corrected chi connectivity index (χ1v) is 2.86.